The van der Waals surface area contributed by atoms with E-state index in [4.69, 9.17) is 11.6 Å². The molecule has 0 saturated carbocycles. The summed E-state index contributed by atoms with van der Waals surface area (Å²) in [7, 11) is 3.49. The predicted octanol–water partition coefficient (Wildman–Crippen LogP) is 5.50. The van der Waals surface area contributed by atoms with Gasteiger partial charge in [-0.05, 0) is 45.1 Å². The van der Waals surface area contributed by atoms with Crippen LogP contribution < -0.4 is 0 Å². The normalized spacial score (nSPS) is 14.8. The van der Waals surface area contributed by atoms with Crippen LogP contribution in [0.2, 0.25) is 5.02 Å². The second-order valence-corrected chi connectivity index (χ2v) is 7.49. The van der Waals surface area contributed by atoms with Gasteiger partial charge in [0.05, 0.1) is 5.41 Å². The summed E-state index contributed by atoms with van der Waals surface area (Å²) in [6.07, 6.45) is -0.162. The fraction of sp³-hybridized carbons (Fsp3) is 0.381. The summed E-state index contributed by atoms with van der Waals surface area (Å²) >= 11 is 5.93. The van der Waals surface area contributed by atoms with E-state index in [9.17, 15) is 22.4 Å². The van der Waals surface area contributed by atoms with Crippen LogP contribution in [0.25, 0.3) is 0 Å². The molecule has 152 valence electrons. The number of benzene rings is 2. The highest BCUT2D eigenvalue weighted by Gasteiger charge is 2.47. The van der Waals surface area contributed by atoms with Gasteiger partial charge in [0.2, 0.25) is 0 Å². The lowest BCUT2D eigenvalue weighted by atomic mass is 9.66. The first-order valence-electron chi connectivity index (χ1n) is 8.85. The van der Waals surface area contributed by atoms with Crippen LogP contribution in [0.3, 0.4) is 0 Å². The summed E-state index contributed by atoms with van der Waals surface area (Å²) < 4.78 is 57.9. The Labute approximate surface area is 167 Å². The Morgan fingerprint density at radius 3 is 2.00 bits per heavy atom. The summed E-state index contributed by atoms with van der Waals surface area (Å²) in [5.41, 5.74) is -2.60. The van der Waals surface area contributed by atoms with Gasteiger partial charge in [0.1, 0.15) is 5.78 Å². The summed E-state index contributed by atoms with van der Waals surface area (Å²) in [6.45, 7) is 3.30. The molecule has 0 aromatic heterocycles. The van der Waals surface area contributed by atoms with Crippen LogP contribution in [0.15, 0.2) is 30.3 Å². The molecule has 2 rings (SSSR count). The van der Waals surface area contributed by atoms with Crippen molar-refractivity contribution in [3.8, 4) is 0 Å². The van der Waals surface area contributed by atoms with Crippen LogP contribution in [-0.2, 0) is 10.2 Å². The smallest absolute Gasteiger partial charge is 0.166 e. The number of hydrogen-bond donors (Lipinski definition) is 0. The van der Waals surface area contributed by atoms with E-state index in [1.54, 1.807) is 32.8 Å². The quantitative estimate of drug-likeness (QED) is 0.439. The maximum absolute atomic E-state index is 14.9. The highest BCUT2D eigenvalue weighted by atomic mass is 35.5. The molecule has 2 aromatic carbocycles. The van der Waals surface area contributed by atoms with Crippen molar-refractivity contribution in [1.29, 1.82) is 0 Å². The first kappa shape index (κ1) is 22.4. The molecule has 0 spiro atoms. The molecule has 28 heavy (non-hydrogen) atoms. The first-order chi connectivity index (χ1) is 13.1. The minimum atomic E-state index is -1.92. The van der Waals surface area contributed by atoms with Gasteiger partial charge < -0.3 is 4.90 Å². The highest BCUT2D eigenvalue weighted by molar-refractivity contribution is 6.30. The van der Waals surface area contributed by atoms with E-state index >= 15 is 0 Å². The molecule has 0 bridgehead atoms. The summed E-state index contributed by atoms with van der Waals surface area (Å²) in [4.78, 5) is 14.9. The van der Waals surface area contributed by atoms with Gasteiger partial charge in [-0.3, -0.25) is 4.79 Å². The average molecular weight is 416 g/mol. The molecule has 0 unspecified atom stereocenters. The maximum Gasteiger partial charge on any atom is 0.166 e. The number of ketones is 1. The van der Waals surface area contributed by atoms with E-state index in [0.29, 0.717) is 5.02 Å². The topological polar surface area (TPSA) is 20.3 Å². The molecule has 0 saturated heterocycles. The van der Waals surface area contributed by atoms with Crippen molar-refractivity contribution in [3.63, 3.8) is 0 Å². The fourth-order valence-electron chi connectivity index (χ4n) is 3.39. The van der Waals surface area contributed by atoms with Crippen LogP contribution in [0.4, 0.5) is 17.6 Å². The Kier molecular flexibility index (Phi) is 6.88. The molecule has 0 amide bonds. The third-order valence-electron chi connectivity index (χ3n) is 5.16. The Morgan fingerprint density at radius 2 is 1.57 bits per heavy atom. The zero-order chi connectivity index (χ0) is 21.2. The van der Waals surface area contributed by atoms with Crippen LogP contribution in [0.1, 0.15) is 37.8 Å². The number of rotatable bonds is 7. The third kappa shape index (κ3) is 3.94. The van der Waals surface area contributed by atoms with Crippen molar-refractivity contribution in [2.24, 2.45) is 0 Å². The predicted molar refractivity (Wildman–Crippen MR) is 102 cm³/mol. The van der Waals surface area contributed by atoms with Crippen molar-refractivity contribution in [3.05, 3.63) is 69.8 Å². The van der Waals surface area contributed by atoms with Gasteiger partial charge in [-0.2, -0.15) is 0 Å². The number of nitrogens with zero attached hydrogens (tertiary/aromatic N) is 1. The summed E-state index contributed by atoms with van der Waals surface area (Å²) in [5.74, 6) is -6.78. The van der Waals surface area contributed by atoms with Crippen molar-refractivity contribution >= 4 is 17.4 Å². The van der Waals surface area contributed by atoms with E-state index in [-0.39, 0.29) is 30.5 Å². The van der Waals surface area contributed by atoms with E-state index < -0.39 is 40.0 Å². The standard InChI is InChI=1S/C21H22ClF4NO/c1-5-17(28)21(11-12(2)27(3)4,13-6-8-14(22)9-7-13)18-19(25)15(23)10-16(24)20(18)26/h6-10,12H,5,11H2,1-4H3/t12-,21+/m0/s1. The molecule has 2 atom stereocenters. The first-order valence-corrected chi connectivity index (χ1v) is 9.23. The zero-order valence-electron chi connectivity index (χ0n) is 16.1. The number of carbonyl (C=O) groups is 1. The second-order valence-electron chi connectivity index (χ2n) is 7.05. The molecular formula is C21H22ClF4NO. The molecule has 0 radical (unpaired) electrons. The number of hydrogen-bond acceptors (Lipinski definition) is 2. The monoisotopic (exact) mass is 415 g/mol. The minimum absolute atomic E-state index is 0.0783. The van der Waals surface area contributed by atoms with E-state index in [2.05, 4.69) is 0 Å². The number of halogens is 5. The lowest BCUT2D eigenvalue weighted by molar-refractivity contribution is -0.123. The van der Waals surface area contributed by atoms with Crippen molar-refractivity contribution in [1.82, 2.24) is 4.90 Å². The van der Waals surface area contributed by atoms with Crippen molar-refractivity contribution in [2.45, 2.75) is 38.1 Å². The molecule has 0 heterocycles. The minimum Gasteiger partial charge on any atom is -0.307 e. The highest BCUT2D eigenvalue weighted by Crippen LogP contribution is 2.43. The molecule has 0 aliphatic heterocycles. The third-order valence-corrected chi connectivity index (χ3v) is 5.41. The molecule has 2 nitrogen and oxygen atoms in total. The fourth-order valence-corrected chi connectivity index (χ4v) is 3.51. The number of Topliss-reactive ketones (excluding diaryl/α,β-unsaturated/α-hetero) is 1. The van der Waals surface area contributed by atoms with Gasteiger partial charge in [0.15, 0.2) is 23.3 Å². The van der Waals surface area contributed by atoms with Gasteiger partial charge in [0, 0.05) is 29.1 Å². The number of carbonyl (C=O) groups excluding carboxylic acids is 1. The lowest BCUT2D eigenvalue weighted by Gasteiger charge is -2.38. The van der Waals surface area contributed by atoms with Crippen molar-refractivity contribution in [2.75, 3.05) is 14.1 Å². The van der Waals surface area contributed by atoms with Crippen LogP contribution in [0, 0.1) is 23.3 Å². The summed E-state index contributed by atoms with van der Waals surface area (Å²) in [6, 6.07) is 5.67. The molecule has 7 heteroatoms. The van der Waals surface area contributed by atoms with Crippen LogP contribution >= 0.6 is 11.6 Å². The SMILES string of the molecule is CCC(=O)[C@@](C[C@H](C)N(C)C)(c1ccc(Cl)cc1)c1c(F)c(F)cc(F)c1F. The Morgan fingerprint density at radius 1 is 1.07 bits per heavy atom. The molecule has 0 N–H and O–H groups in total. The molecule has 0 fully saturated rings. The van der Waals surface area contributed by atoms with Crippen LogP contribution in [0.5, 0.6) is 0 Å². The van der Waals surface area contributed by atoms with Gasteiger partial charge in [-0.15, -0.1) is 0 Å². The van der Waals surface area contributed by atoms with E-state index in [0.717, 1.165) is 0 Å². The zero-order valence-corrected chi connectivity index (χ0v) is 16.9. The van der Waals surface area contributed by atoms with Gasteiger partial charge in [0.25, 0.3) is 0 Å². The lowest BCUT2D eigenvalue weighted by Crippen LogP contribution is -2.44. The van der Waals surface area contributed by atoms with Gasteiger partial charge in [-0.25, -0.2) is 17.6 Å². The largest absolute Gasteiger partial charge is 0.307 e. The van der Waals surface area contributed by atoms with Crippen LogP contribution in [-0.4, -0.2) is 30.8 Å². The Bertz CT molecular complexity index is 843. The van der Waals surface area contributed by atoms with Crippen molar-refractivity contribution < 1.29 is 22.4 Å². The second kappa shape index (κ2) is 8.62. The van der Waals surface area contributed by atoms with E-state index in [1.807, 2.05) is 0 Å². The van der Waals surface area contributed by atoms with Gasteiger partial charge >= 0.3 is 0 Å². The van der Waals surface area contributed by atoms with E-state index in [1.165, 1.54) is 24.3 Å². The Hall–Kier alpha value is -1.92. The molecule has 0 aliphatic rings. The maximum atomic E-state index is 14.9. The summed E-state index contributed by atoms with van der Waals surface area (Å²) in [5, 5.41) is 0.355. The van der Waals surface area contributed by atoms with Gasteiger partial charge in [-0.1, -0.05) is 30.7 Å². The molecule has 2 aromatic rings. The Balaban J connectivity index is 2.96. The molecular weight excluding hydrogens is 394 g/mol. The average Bonchev–Trinajstić information content (AvgIpc) is 2.65. The molecule has 0 aliphatic carbocycles.